The van der Waals surface area contributed by atoms with Crippen LogP contribution in [-0.4, -0.2) is 62.6 Å². The molecule has 9 heteroatoms. The van der Waals surface area contributed by atoms with Crippen molar-refractivity contribution in [3.8, 4) is 0 Å². The molecule has 0 amide bonds. The van der Waals surface area contributed by atoms with Gasteiger partial charge in [0.05, 0.1) is 13.1 Å². The number of H-pyrrole nitrogens is 1. The third kappa shape index (κ3) is 3.26. The average molecular weight is 335 g/mol. The number of anilines is 1. The fraction of sp³-hybridized carbons (Fsp3) is 0.733. The van der Waals surface area contributed by atoms with E-state index in [-0.39, 0.29) is 6.04 Å². The summed E-state index contributed by atoms with van der Waals surface area (Å²) in [6, 6.07) is 0.414. The molecule has 24 heavy (non-hydrogen) atoms. The highest BCUT2D eigenvalue weighted by molar-refractivity contribution is 5.30. The Hall–Kier alpha value is -2.03. The Morgan fingerprint density at radius 3 is 2.92 bits per heavy atom. The maximum Gasteiger partial charge on any atom is 0.318 e. The third-order valence-corrected chi connectivity index (χ3v) is 4.56. The van der Waals surface area contributed by atoms with Crippen molar-refractivity contribution in [1.29, 1.82) is 0 Å². The molecular formula is C15H22FN7O. The molecule has 3 heterocycles. The third-order valence-electron chi connectivity index (χ3n) is 4.56. The summed E-state index contributed by atoms with van der Waals surface area (Å²) < 4.78 is 19.4. The SMILES string of the molecule is Cc1nnc(N2C[C@@H](F)C[C@H]2CN(C)Cc2nc(C3CC3)n[nH]2)o1. The highest BCUT2D eigenvalue weighted by Gasteiger charge is 2.36. The number of aryl methyl sites for hydroxylation is 1. The van der Waals surface area contributed by atoms with Crippen molar-refractivity contribution in [3.63, 3.8) is 0 Å². The Bertz CT molecular complexity index is 698. The van der Waals surface area contributed by atoms with Gasteiger partial charge >= 0.3 is 6.01 Å². The molecule has 2 aromatic rings. The van der Waals surface area contributed by atoms with Gasteiger partial charge in [-0.15, -0.1) is 5.10 Å². The molecule has 0 spiro atoms. The monoisotopic (exact) mass is 335 g/mol. The Balaban J connectivity index is 1.38. The van der Waals surface area contributed by atoms with Crippen molar-refractivity contribution in [2.24, 2.45) is 0 Å². The standard InChI is InChI=1S/C15H22FN7O/c1-9-18-21-15(24-9)23-6-11(16)5-12(23)7-22(2)8-13-17-14(20-19-13)10-3-4-10/h10-12H,3-8H2,1-2H3,(H,17,19,20)/t11-,12-/m0/s1. The molecule has 1 saturated carbocycles. The molecule has 0 aromatic carbocycles. The van der Waals surface area contributed by atoms with Crippen LogP contribution in [0, 0.1) is 6.92 Å². The summed E-state index contributed by atoms with van der Waals surface area (Å²) in [6.45, 7) is 3.39. The quantitative estimate of drug-likeness (QED) is 0.854. The van der Waals surface area contributed by atoms with Gasteiger partial charge < -0.3 is 9.32 Å². The Morgan fingerprint density at radius 1 is 1.38 bits per heavy atom. The lowest BCUT2D eigenvalue weighted by Crippen LogP contribution is -2.39. The van der Waals surface area contributed by atoms with Gasteiger partial charge in [-0.2, -0.15) is 5.10 Å². The van der Waals surface area contributed by atoms with Crippen LogP contribution in [0.15, 0.2) is 4.42 Å². The molecule has 4 rings (SSSR count). The molecule has 1 aliphatic carbocycles. The van der Waals surface area contributed by atoms with Crippen molar-refractivity contribution in [3.05, 3.63) is 17.5 Å². The lowest BCUT2D eigenvalue weighted by Gasteiger charge is -2.26. The van der Waals surface area contributed by atoms with E-state index in [4.69, 9.17) is 4.42 Å². The summed E-state index contributed by atoms with van der Waals surface area (Å²) >= 11 is 0. The van der Waals surface area contributed by atoms with Crippen molar-refractivity contribution in [2.75, 3.05) is 25.0 Å². The van der Waals surface area contributed by atoms with Gasteiger partial charge in [-0.25, -0.2) is 9.37 Å². The van der Waals surface area contributed by atoms with Crippen LogP contribution in [0.2, 0.25) is 0 Å². The number of aromatic nitrogens is 5. The first-order chi connectivity index (χ1) is 11.6. The van der Waals surface area contributed by atoms with E-state index in [9.17, 15) is 4.39 Å². The molecule has 2 fully saturated rings. The van der Waals surface area contributed by atoms with Crippen molar-refractivity contribution >= 4 is 6.01 Å². The molecule has 0 bridgehead atoms. The van der Waals surface area contributed by atoms with Gasteiger partial charge in [-0.1, -0.05) is 5.10 Å². The maximum absolute atomic E-state index is 13.9. The number of aromatic amines is 1. The predicted molar refractivity (Wildman–Crippen MR) is 84.4 cm³/mol. The minimum absolute atomic E-state index is 0.00988. The number of halogens is 1. The highest BCUT2D eigenvalue weighted by Crippen LogP contribution is 2.37. The summed E-state index contributed by atoms with van der Waals surface area (Å²) in [6.07, 6.45) is 1.97. The van der Waals surface area contributed by atoms with Gasteiger partial charge in [-0.3, -0.25) is 10.00 Å². The Kier molecular flexibility index (Phi) is 3.95. The minimum Gasteiger partial charge on any atom is -0.408 e. The molecule has 0 radical (unpaired) electrons. The molecule has 2 aliphatic rings. The van der Waals surface area contributed by atoms with Gasteiger partial charge in [0.15, 0.2) is 5.82 Å². The topological polar surface area (TPSA) is 87.0 Å². The Labute approximate surface area is 139 Å². The van der Waals surface area contributed by atoms with Crippen LogP contribution in [0.4, 0.5) is 10.4 Å². The predicted octanol–water partition coefficient (Wildman–Crippen LogP) is 1.42. The summed E-state index contributed by atoms with van der Waals surface area (Å²) in [7, 11) is 2.00. The van der Waals surface area contributed by atoms with Gasteiger partial charge in [-0.05, 0) is 19.9 Å². The normalized spacial score (nSPS) is 24.2. The Morgan fingerprint density at radius 2 is 2.21 bits per heavy atom. The molecule has 1 saturated heterocycles. The number of nitrogens with zero attached hydrogens (tertiary/aromatic N) is 6. The van der Waals surface area contributed by atoms with Crippen LogP contribution in [0.5, 0.6) is 0 Å². The number of hydrogen-bond acceptors (Lipinski definition) is 7. The van der Waals surface area contributed by atoms with E-state index in [1.165, 1.54) is 12.8 Å². The first-order valence-electron chi connectivity index (χ1n) is 8.39. The number of likely N-dealkylation sites (N-methyl/N-ethyl adjacent to an activating group) is 1. The van der Waals surface area contributed by atoms with Gasteiger partial charge in [0.2, 0.25) is 5.89 Å². The molecule has 1 aliphatic heterocycles. The van der Waals surface area contributed by atoms with Gasteiger partial charge in [0, 0.05) is 31.8 Å². The second kappa shape index (κ2) is 6.12. The number of alkyl halides is 1. The van der Waals surface area contributed by atoms with E-state index in [1.807, 2.05) is 11.9 Å². The number of hydrogen-bond donors (Lipinski definition) is 1. The zero-order valence-electron chi connectivity index (χ0n) is 13.9. The fourth-order valence-electron chi connectivity index (χ4n) is 3.25. The fourth-order valence-corrected chi connectivity index (χ4v) is 3.25. The first-order valence-corrected chi connectivity index (χ1v) is 8.39. The maximum atomic E-state index is 13.9. The number of rotatable bonds is 6. The summed E-state index contributed by atoms with van der Waals surface area (Å²) in [4.78, 5) is 8.54. The van der Waals surface area contributed by atoms with E-state index in [1.54, 1.807) is 6.92 Å². The second-order valence-electron chi connectivity index (χ2n) is 6.85. The first kappa shape index (κ1) is 15.5. The highest BCUT2D eigenvalue weighted by atomic mass is 19.1. The largest absolute Gasteiger partial charge is 0.408 e. The zero-order valence-corrected chi connectivity index (χ0v) is 13.9. The lowest BCUT2D eigenvalue weighted by molar-refractivity contribution is 0.282. The van der Waals surface area contributed by atoms with E-state index >= 15 is 0 Å². The minimum atomic E-state index is -0.873. The van der Waals surface area contributed by atoms with Crippen LogP contribution in [0.3, 0.4) is 0 Å². The summed E-state index contributed by atoms with van der Waals surface area (Å²) in [5.74, 6) is 2.81. The second-order valence-corrected chi connectivity index (χ2v) is 6.85. The number of nitrogens with one attached hydrogen (secondary N) is 1. The molecule has 1 N–H and O–H groups in total. The molecule has 130 valence electrons. The molecular weight excluding hydrogens is 313 g/mol. The molecule has 2 atom stereocenters. The lowest BCUT2D eigenvalue weighted by atomic mass is 10.2. The smallest absolute Gasteiger partial charge is 0.318 e. The van der Waals surface area contributed by atoms with E-state index < -0.39 is 6.17 Å². The van der Waals surface area contributed by atoms with E-state index in [0.29, 0.717) is 43.9 Å². The van der Waals surface area contributed by atoms with Crippen LogP contribution < -0.4 is 4.90 Å². The van der Waals surface area contributed by atoms with E-state index in [2.05, 4.69) is 30.3 Å². The molecule has 0 unspecified atom stereocenters. The summed E-state index contributed by atoms with van der Waals surface area (Å²) in [5.41, 5.74) is 0. The van der Waals surface area contributed by atoms with Crippen LogP contribution in [-0.2, 0) is 6.54 Å². The zero-order chi connectivity index (χ0) is 16.7. The average Bonchev–Trinajstić information content (AvgIpc) is 2.94. The van der Waals surface area contributed by atoms with Crippen molar-refractivity contribution in [1.82, 2.24) is 30.3 Å². The van der Waals surface area contributed by atoms with Crippen LogP contribution in [0.25, 0.3) is 0 Å². The molecule has 8 nitrogen and oxygen atoms in total. The summed E-state index contributed by atoms with van der Waals surface area (Å²) in [5, 5.41) is 15.2. The van der Waals surface area contributed by atoms with Crippen molar-refractivity contribution < 1.29 is 8.81 Å². The molecule has 2 aromatic heterocycles. The van der Waals surface area contributed by atoms with Gasteiger partial charge in [0.1, 0.15) is 12.0 Å². The van der Waals surface area contributed by atoms with E-state index in [0.717, 1.165) is 11.6 Å². The van der Waals surface area contributed by atoms with Crippen LogP contribution >= 0.6 is 0 Å². The van der Waals surface area contributed by atoms with Crippen molar-refractivity contribution in [2.45, 2.75) is 50.9 Å². The van der Waals surface area contributed by atoms with Crippen LogP contribution in [0.1, 0.15) is 42.7 Å². The van der Waals surface area contributed by atoms with Gasteiger partial charge in [0.25, 0.3) is 0 Å².